The Morgan fingerprint density at radius 2 is 1.78 bits per heavy atom. The van der Waals surface area contributed by atoms with Crippen molar-refractivity contribution in [2.75, 3.05) is 27.3 Å². The second-order valence-corrected chi connectivity index (χ2v) is 6.74. The van der Waals surface area contributed by atoms with Gasteiger partial charge in [0.05, 0.1) is 14.2 Å². The van der Waals surface area contributed by atoms with Gasteiger partial charge in [-0.15, -0.1) is 0 Å². The van der Waals surface area contributed by atoms with Crippen molar-refractivity contribution in [1.82, 2.24) is 4.90 Å². The zero-order valence-electron chi connectivity index (χ0n) is 14.7. The molecule has 1 saturated heterocycles. The zero-order chi connectivity index (χ0) is 16.8. The summed E-state index contributed by atoms with van der Waals surface area (Å²) in [5, 5.41) is 0. The topological polar surface area (TPSA) is 38.8 Å². The van der Waals surface area contributed by atoms with E-state index in [0.717, 1.165) is 38.1 Å². The average molecular weight is 319 g/mol. The van der Waals surface area contributed by atoms with Gasteiger partial charge in [-0.25, -0.2) is 0 Å². The fourth-order valence-electron chi connectivity index (χ4n) is 3.49. The van der Waals surface area contributed by atoms with Gasteiger partial charge in [0, 0.05) is 0 Å². The van der Waals surface area contributed by atoms with E-state index in [1.54, 1.807) is 7.11 Å². The van der Waals surface area contributed by atoms with Gasteiger partial charge in [-0.3, -0.25) is 9.69 Å². The van der Waals surface area contributed by atoms with Gasteiger partial charge in [-0.1, -0.05) is 26.0 Å². The normalized spacial score (nSPS) is 18.0. The molecule has 0 amide bonds. The first-order valence-electron chi connectivity index (χ1n) is 8.50. The summed E-state index contributed by atoms with van der Waals surface area (Å²) in [7, 11) is 3.17. The molecule has 128 valence electrons. The lowest BCUT2D eigenvalue weighted by Crippen LogP contribution is -2.49. The summed E-state index contributed by atoms with van der Waals surface area (Å²) >= 11 is 0. The number of esters is 1. The third-order valence-corrected chi connectivity index (χ3v) is 4.80. The standard InChI is InChI=1S/C19H29NO3/c1-14(2)18(19(21)23-4)20-11-9-16(10-12-20)13-15-5-7-17(22-3)8-6-15/h5-8,14,16,18H,9-13H2,1-4H3. The first-order chi connectivity index (χ1) is 11.0. The number of ether oxygens (including phenoxy) is 2. The van der Waals surface area contributed by atoms with Crippen LogP contribution in [0, 0.1) is 11.8 Å². The maximum atomic E-state index is 12.0. The van der Waals surface area contributed by atoms with Crippen molar-refractivity contribution in [2.24, 2.45) is 11.8 Å². The maximum absolute atomic E-state index is 12.0. The van der Waals surface area contributed by atoms with E-state index in [-0.39, 0.29) is 17.9 Å². The Hall–Kier alpha value is -1.55. The number of nitrogens with zero attached hydrogens (tertiary/aromatic N) is 1. The minimum absolute atomic E-state index is 0.103. The molecule has 1 atom stereocenters. The van der Waals surface area contributed by atoms with Crippen LogP contribution in [0.2, 0.25) is 0 Å². The van der Waals surface area contributed by atoms with E-state index in [4.69, 9.17) is 9.47 Å². The van der Waals surface area contributed by atoms with Crippen molar-refractivity contribution in [3.8, 4) is 5.75 Å². The average Bonchev–Trinajstić information content (AvgIpc) is 2.57. The number of rotatable bonds is 6. The predicted molar refractivity (Wildman–Crippen MR) is 91.6 cm³/mol. The molecule has 0 aliphatic carbocycles. The van der Waals surface area contributed by atoms with E-state index in [9.17, 15) is 4.79 Å². The Labute approximate surface area is 139 Å². The van der Waals surface area contributed by atoms with Gasteiger partial charge in [-0.2, -0.15) is 0 Å². The number of benzene rings is 1. The smallest absolute Gasteiger partial charge is 0.323 e. The highest BCUT2D eigenvalue weighted by Gasteiger charge is 2.32. The maximum Gasteiger partial charge on any atom is 0.323 e. The van der Waals surface area contributed by atoms with E-state index in [0.29, 0.717) is 5.92 Å². The molecular weight excluding hydrogens is 290 g/mol. The molecule has 0 saturated carbocycles. The number of hydrogen-bond acceptors (Lipinski definition) is 4. The lowest BCUT2D eigenvalue weighted by Gasteiger charge is -2.38. The molecule has 1 unspecified atom stereocenters. The van der Waals surface area contributed by atoms with Crippen molar-refractivity contribution in [2.45, 2.75) is 39.2 Å². The molecule has 0 bridgehead atoms. The van der Waals surface area contributed by atoms with E-state index in [1.807, 2.05) is 12.1 Å². The van der Waals surface area contributed by atoms with Crippen LogP contribution in [-0.4, -0.2) is 44.2 Å². The summed E-state index contributed by atoms with van der Waals surface area (Å²) in [4.78, 5) is 14.3. The third-order valence-electron chi connectivity index (χ3n) is 4.80. The third kappa shape index (κ3) is 4.71. The Bertz CT molecular complexity index is 490. The fourth-order valence-corrected chi connectivity index (χ4v) is 3.49. The van der Waals surface area contributed by atoms with Crippen LogP contribution in [0.5, 0.6) is 5.75 Å². The number of hydrogen-bond donors (Lipinski definition) is 0. The van der Waals surface area contributed by atoms with Crippen molar-refractivity contribution >= 4 is 5.97 Å². The van der Waals surface area contributed by atoms with Gasteiger partial charge in [-0.05, 0) is 61.9 Å². The van der Waals surface area contributed by atoms with Gasteiger partial charge < -0.3 is 9.47 Å². The van der Waals surface area contributed by atoms with Crippen molar-refractivity contribution in [1.29, 1.82) is 0 Å². The fraction of sp³-hybridized carbons (Fsp3) is 0.632. The van der Waals surface area contributed by atoms with Crippen LogP contribution >= 0.6 is 0 Å². The molecule has 1 aliphatic rings. The Balaban J connectivity index is 1.88. The molecule has 2 rings (SSSR count). The minimum atomic E-state index is -0.109. The molecule has 1 aromatic carbocycles. The van der Waals surface area contributed by atoms with E-state index in [1.165, 1.54) is 12.7 Å². The second-order valence-electron chi connectivity index (χ2n) is 6.74. The van der Waals surface area contributed by atoms with E-state index in [2.05, 4.69) is 30.9 Å². The zero-order valence-corrected chi connectivity index (χ0v) is 14.7. The molecule has 0 spiro atoms. The van der Waals surface area contributed by atoms with Gasteiger partial charge >= 0.3 is 5.97 Å². The van der Waals surface area contributed by atoms with Crippen LogP contribution in [0.1, 0.15) is 32.3 Å². The minimum Gasteiger partial charge on any atom is -0.497 e. The van der Waals surface area contributed by atoms with Gasteiger partial charge in [0.2, 0.25) is 0 Å². The summed E-state index contributed by atoms with van der Waals surface area (Å²) in [6.45, 7) is 6.12. The predicted octanol–water partition coefficient (Wildman–Crippen LogP) is 3.15. The molecule has 4 nitrogen and oxygen atoms in total. The molecular formula is C19H29NO3. The molecule has 0 N–H and O–H groups in total. The Kier molecular flexibility index (Phi) is 6.46. The quantitative estimate of drug-likeness (QED) is 0.755. The van der Waals surface area contributed by atoms with Gasteiger partial charge in [0.15, 0.2) is 0 Å². The van der Waals surface area contributed by atoms with Crippen LogP contribution in [0.25, 0.3) is 0 Å². The van der Waals surface area contributed by atoms with Crippen molar-refractivity contribution in [3.05, 3.63) is 29.8 Å². The summed E-state index contributed by atoms with van der Waals surface area (Å²) in [5.74, 6) is 1.76. The van der Waals surface area contributed by atoms with Crippen LogP contribution in [-0.2, 0) is 16.0 Å². The molecule has 4 heteroatoms. The number of likely N-dealkylation sites (tertiary alicyclic amines) is 1. The molecule has 1 aliphatic heterocycles. The first kappa shape index (κ1) is 17.8. The Morgan fingerprint density at radius 3 is 2.26 bits per heavy atom. The monoisotopic (exact) mass is 319 g/mol. The van der Waals surface area contributed by atoms with Crippen LogP contribution in [0.4, 0.5) is 0 Å². The number of carbonyl (C=O) groups excluding carboxylic acids is 1. The number of carbonyl (C=O) groups is 1. The van der Waals surface area contributed by atoms with Gasteiger partial charge in [0.25, 0.3) is 0 Å². The van der Waals surface area contributed by atoms with Gasteiger partial charge in [0.1, 0.15) is 11.8 Å². The van der Waals surface area contributed by atoms with Crippen LogP contribution < -0.4 is 4.74 Å². The van der Waals surface area contributed by atoms with Crippen molar-refractivity contribution < 1.29 is 14.3 Å². The number of piperidine rings is 1. The highest BCUT2D eigenvalue weighted by Crippen LogP contribution is 2.26. The van der Waals surface area contributed by atoms with Crippen LogP contribution in [0.3, 0.4) is 0 Å². The summed E-state index contributed by atoms with van der Waals surface area (Å²) < 4.78 is 10.2. The first-order valence-corrected chi connectivity index (χ1v) is 8.50. The summed E-state index contributed by atoms with van der Waals surface area (Å²) in [5.41, 5.74) is 1.36. The molecule has 23 heavy (non-hydrogen) atoms. The molecule has 1 aromatic rings. The molecule has 0 aromatic heterocycles. The SMILES string of the molecule is COC(=O)C(C(C)C)N1CCC(Cc2ccc(OC)cc2)CC1. The molecule has 1 heterocycles. The summed E-state index contributed by atoms with van der Waals surface area (Å²) in [6.07, 6.45) is 3.36. The lowest BCUT2D eigenvalue weighted by atomic mass is 9.88. The highest BCUT2D eigenvalue weighted by molar-refractivity contribution is 5.76. The molecule has 0 radical (unpaired) electrons. The molecule has 1 fully saturated rings. The van der Waals surface area contributed by atoms with Crippen LogP contribution in [0.15, 0.2) is 24.3 Å². The van der Waals surface area contributed by atoms with E-state index < -0.39 is 0 Å². The summed E-state index contributed by atoms with van der Waals surface area (Å²) in [6, 6.07) is 8.24. The second kappa shape index (κ2) is 8.34. The van der Waals surface area contributed by atoms with E-state index >= 15 is 0 Å². The number of methoxy groups -OCH3 is 2. The lowest BCUT2D eigenvalue weighted by molar-refractivity contribution is -0.149. The highest BCUT2D eigenvalue weighted by atomic mass is 16.5. The Morgan fingerprint density at radius 1 is 1.17 bits per heavy atom. The van der Waals surface area contributed by atoms with Crippen molar-refractivity contribution in [3.63, 3.8) is 0 Å². The largest absolute Gasteiger partial charge is 0.497 e.